The molecule has 0 aliphatic carbocycles. The van der Waals surface area contributed by atoms with Gasteiger partial charge in [0, 0.05) is 25.3 Å². The fourth-order valence-corrected chi connectivity index (χ4v) is 1.70. The largest absolute Gasteiger partial charge is 0.305 e. The van der Waals surface area contributed by atoms with Crippen molar-refractivity contribution in [3.63, 3.8) is 0 Å². The summed E-state index contributed by atoms with van der Waals surface area (Å²) in [5.74, 6) is 0. The SMILES string of the molecule is CC/C=C\C(CNC(C)c1ccc(C)cc1)=NC. The Hall–Kier alpha value is -1.41. The number of benzene rings is 1. The summed E-state index contributed by atoms with van der Waals surface area (Å²) >= 11 is 0. The lowest BCUT2D eigenvalue weighted by atomic mass is 10.1. The van der Waals surface area contributed by atoms with Gasteiger partial charge in [0.2, 0.25) is 0 Å². The molecule has 0 saturated carbocycles. The van der Waals surface area contributed by atoms with Crippen molar-refractivity contribution in [2.45, 2.75) is 33.2 Å². The van der Waals surface area contributed by atoms with E-state index in [0.29, 0.717) is 6.04 Å². The molecular weight excluding hydrogens is 220 g/mol. The van der Waals surface area contributed by atoms with E-state index >= 15 is 0 Å². The van der Waals surface area contributed by atoms with Crippen LogP contribution in [0.3, 0.4) is 0 Å². The lowest BCUT2D eigenvalue weighted by molar-refractivity contribution is 0.627. The van der Waals surface area contributed by atoms with Gasteiger partial charge in [-0.3, -0.25) is 4.99 Å². The minimum Gasteiger partial charge on any atom is -0.305 e. The molecule has 0 saturated heterocycles. The number of rotatable bonds is 6. The Balaban J connectivity index is 2.52. The Morgan fingerprint density at radius 3 is 2.56 bits per heavy atom. The molecule has 1 unspecified atom stereocenters. The van der Waals surface area contributed by atoms with Crippen molar-refractivity contribution in [3.05, 3.63) is 47.5 Å². The Morgan fingerprint density at radius 1 is 1.33 bits per heavy atom. The molecule has 98 valence electrons. The van der Waals surface area contributed by atoms with E-state index in [9.17, 15) is 0 Å². The molecule has 0 aromatic heterocycles. The van der Waals surface area contributed by atoms with Gasteiger partial charge in [0.25, 0.3) is 0 Å². The van der Waals surface area contributed by atoms with E-state index in [1.54, 1.807) is 0 Å². The lowest BCUT2D eigenvalue weighted by Crippen LogP contribution is -2.25. The minimum atomic E-state index is 0.345. The maximum Gasteiger partial charge on any atom is 0.0479 e. The quantitative estimate of drug-likeness (QED) is 0.758. The van der Waals surface area contributed by atoms with Crippen LogP contribution in [-0.2, 0) is 0 Å². The second kappa shape index (κ2) is 7.83. The topological polar surface area (TPSA) is 24.4 Å². The Kier molecular flexibility index (Phi) is 6.37. The number of hydrogen-bond acceptors (Lipinski definition) is 2. The Bertz CT molecular complexity index is 402. The molecule has 2 heteroatoms. The number of aryl methyl sites for hydroxylation is 1. The van der Waals surface area contributed by atoms with Crippen LogP contribution in [-0.4, -0.2) is 19.3 Å². The van der Waals surface area contributed by atoms with Crippen molar-refractivity contribution in [2.24, 2.45) is 4.99 Å². The minimum absolute atomic E-state index is 0.345. The van der Waals surface area contributed by atoms with Crippen LogP contribution < -0.4 is 5.32 Å². The highest BCUT2D eigenvalue weighted by atomic mass is 14.9. The molecule has 18 heavy (non-hydrogen) atoms. The van der Waals surface area contributed by atoms with E-state index in [1.165, 1.54) is 11.1 Å². The summed E-state index contributed by atoms with van der Waals surface area (Å²) < 4.78 is 0. The standard InChI is InChI=1S/C16H24N2/c1-5-6-7-16(17-4)12-18-14(3)15-10-8-13(2)9-11-15/h6-11,14,18H,5,12H2,1-4H3/b7-6-,17-16?. The lowest BCUT2D eigenvalue weighted by Gasteiger charge is -2.14. The van der Waals surface area contributed by atoms with E-state index in [0.717, 1.165) is 18.7 Å². The molecule has 0 radical (unpaired) electrons. The van der Waals surface area contributed by atoms with E-state index in [-0.39, 0.29) is 0 Å². The molecule has 0 fully saturated rings. The molecule has 0 bridgehead atoms. The highest BCUT2D eigenvalue weighted by Crippen LogP contribution is 2.12. The van der Waals surface area contributed by atoms with Crippen LogP contribution in [0.5, 0.6) is 0 Å². The smallest absolute Gasteiger partial charge is 0.0479 e. The van der Waals surface area contributed by atoms with E-state index in [1.807, 2.05) is 7.05 Å². The third-order valence-corrected chi connectivity index (χ3v) is 3.00. The highest BCUT2D eigenvalue weighted by Gasteiger charge is 2.04. The van der Waals surface area contributed by atoms with E-state index < -0.39 is 0 Å². The first-order valence-corrected chi connectivity index (χ1v) is 6.59. The van der Waals surface area contributed by atoms with Crippen LogP contribution in [0.2, 0.25) is 0 Å². The highest BCUT2D eigenvalue weighted by molar-refractivity contribution is 5.96. The van der Waals surface area contributed by atoms with Gasteiger partial charge in [0.1, 0.15) is 0 Å². The molecule has 0 aliphatic rings. The van der Waals surface area contributed by atoms with Gasteiger partial charge < -0.3 is 5.32 Å². The Labute approximate surface area is 111 Å². The van der Waals surface area contributed by atoms with Crippen molar-refractivity contribution >= 4 is 5.71 Å². The van der Waals surface area contributed by atoms with Gasteiger partial charge in [-0.15, -0.1) is 0 Å². The zero-order valence-electron chi connectivity index (χ0n) is 11.9. The summed E-state index contributed by atoms with van der Waals surface area (Å²) in [7, 11) is 1.84. The van der Waals surface area contributed by atoms with Crippen LogP contribution >= 0.6 is 0 Å². The molecule has 1 atom stereocenters. The molecule has 1 aromatic carbocycles. The second-order valence-electron chi connectivity index (χ2n) is 4.54. The average Bonchev–Trinajstić information content (AvgIpc) is 2.39. The van der Waals surface area contributed by atoms with Crippen LogP contribution in [0.1, 0.15) is 37.4 Å². The molecule has 0 spiro atoms. The summed E-state index contributed by atoms with van der Waals surface area (Å²) in [6.07, 6.45) is 5.28. The van der Waals surface area contributed by atoms with Crippen LogP contribution in [0.4, 0.5) is 0 Å². The molecule has 1 aromatic rings. The van der Waals surface area contributed by atoms with E-state index in [2.05, 4.69) is 67.5 Å². The maximum atomic E-state index is 4.27. The summed E-state index contributed by atoms with van der Waals surface area (Å²) in [5.41, 5.74) is 3.71. The third-order valence-electron chi connectivity index (χ3n) is 3.00. The van der Waals surface area contributed by atoms with Crippen molar-refractivity contribution in [1.82, 2.24) is 5.32 Å². The van der Waals surface area contributed by atoms with Crippen molar-refractivity contribution in [3.8, 4) is 0 Å². The normalized spacial score (nSPS) is 14.1. The average molecular weight is 244 g/mol. The summed E-state index contributed by atoms with van der Waals surface area (Å²) in [4.78, 5) is 4.27. The number of allylic oxidation sites excluding steroid dienone is 1. The zero-order valence-corrected chi connectivity index (χ0v) is 11.9. The summed E-state index contributed by atoms with van der Waals surface area (Å²) in [6.45, 7) is 7.23. The fraction of sp³-hybridized carbons (Fsp3) is 0.438. The number of hydrogen-bond donors (Lipinski definition) is 1. The summed E-state index contributed by atoms with van der Waals surface area (Å²) in [5, 5.41) is 3.50. The first-order valence-electron chi connectivity index (χ1n) is 6.59. The molecule has 0 aliphatic heterocycles. The van der Waals surface area contributed by atoms with Gasteiger partial charge in [-0.25, -0.2) is 0 Å². The predicted octanol–water partition coefficient (Wildman–Crippen LogP) is 3.68. The van der Waals surface area contributed by atoms with Crippen molar-refractivity contribution in [1.29, 1.82) is 0 Å². The van der Waals surface area contributed by atoms with Gasteiger partial charge in [-0.2, -0.15) is 0 Å². The van der Waals surface area contributed by atoms with Crippen LogP contribution in [0.25, 0.3) is 0 Å². The third kappa shape index (κ3) is 4.84. The molecule has 2 nitrogen and oxygen atoms in total. The Morgan fingerprint density at radius 2 is 2.00 bits per heavy atom. The summed E-state index contributed by atoms with van der Waals surface area (Å²) in [6, 6.07) is 9.01. The van der Waals surface area contributed by atoms with Crippen LogP contribution in [0, 0.1) is 6.92 Å². The van der Waals surface area contributed by atoms with Crippen LogP contribution in [0.15, 0.2) is 41.4 Å². The second-order valence-corrected chi connectivity index (χ2v) is 4.54. The monoisotopic (exact) mass is 244 g/mol. The first-order chi connectivity index (χ1) is 8.67. The maximum absolute atomic E-state index is 4.27. The fourth-order valence-electron chi connectivity index (χ4n) is 1.70. The number of nitrogens with zero attached hydrogens (tertiary/aromatic N) is 1. The van der Waals surface area contributed by atoms with Gasteiger partial charge in [0.15, 0.2) is 0 Å². The molecule has 1 N–H and O–H groups in total. The number of aliphatic imine (C=N–C) groups is 1. The van der Waals surface area contributed by atoms with Gasteiger partial charge in [-0.1, -0.05) is 42.8 Å². The number of nitrogens with one attached hydrogen (secondary N) is 1. The molecule has 0 heterocycles. The van der Waals surface area contributed by atoms with Gasteiger partial charge >= 0.3 is 0 Å². The van der Waals surface area contributed by atoms with Gasteiger partial charge in [-0.05, 0) is 31.9 Å². The van der Waals surface area contributed by atoms with Crippen molar-refractivity contribution < 1.29 is 0 Å². The van der Waals surface area contributed by atoms with E-state index in [4.69, 9.17) is 0 Å². The van der Waals surface area contributed by atoms with Gasteiger partial charge in [0.05, 0.1) is 0 Å². The van der Waals surface area contributed by atoms with Crippen molar-refractivity contribution in [2.75, 3.05) is 13.6 Å². The zero-order chi connectivity index (χ0) is 13.4. The molecular formula is C16H24N2. The first kappa shape index (κ1) is 14.7. The predicted molar refractivity (Wildman–Crippen MR) is 80.4 cm³/mol. The molecule has 0 amide bonds. The molecule has 1 rings (SSSR count).